The zero-order valence-corrected chi connectivity index (χ0v) is 5.98. The lowest BCUT2D eigenvalue weighted by atomic mass is 10.2. The summed E-state index contributed by atoms with van der Waals surface area (Å²) in [6, 6.07) is 4.40. The fraction of sp³-hybridized carbons (Fsp3) is 0.250. The van der Waals surface area contributed by atoms with E-state index in [2.05, 4.69) is 0 Å². The minimum absolute atomic E-state index is 0. The van der Waals surface area contributed by atoms with Gasteiger partial charge in [0.1, 0.15) is 12.0 Å². The van der Waals surface area contributed by atoms with Crippen molar-refractivity contribution in [1.82, 2.24) is 6.15 Å². The van der Waals surface area contributed by atoms with Crippen LogP contribution in [-0.4, -0.2) is 0 Å². The summed E-state index contributed by atoms with van der Waals surface area (Å²) in [7, 11) is 0. The van der Waals surface area contributed by atoms with Gasteiger partial charge in [-0.1, -0.05) is 6.07 Å². The molecule has 0 aliphatic heterocycles. The van der Waals surface area contributed by atoms with Crippen molar-refractivity contribution in [2.45, 2.75) is 12.6 Å². The smallest absolute Gasteiger partial charge is 0.129 e. The Morgan fingerprint density at radius 2 is 2.09 bits per heavy atom. The van der Waals surface area contributed by atoms with Gasteiger partial charge >= 0.3 is 0 Å². The monoisotopic (exact) mass is 157 g/mol. The topological polar surface area (TPSA) is 35.0 Å². The van der Waals surface area contributed by atoms with Crippen LogP contribution < -0.4 is 6.15 Å². The molecule has 3 N–H and O–H groups in total. The van der Waals surface area contributed by atoms with Gasteiger partial charge in [-0.25, -0.2) is 8.78 Å². The molecule has 0 saturated heterocycles. The number of hydrogen-bond acceptors (Lipinski definition) is 1. The Kier molecular flexibility index (Phi) is 1.91. The van der Waals surface area contributed by atoms with Gasteiger partial charge in [0.25, 0.3) is 0 Å². The van der Waals surface area contributed by atoms with Crippen LogP contribution in [0.3, 0.4) is 0 Å². The highest BCUT2D eigenvalue weighted by molar-refractivity contribution is 5.33. The molecule has 2 rings (SSSR count). The normalized spacial score (nSPS) is 19.6. The summed E-state index contributed by atoms with van der Waals surface area (Å²) in [5.41, 5.74) is 1.11. The average Bonchev–Trinajstić information content (AvgIpc) is 2.21. The number of alkyl halides is 1. The molecule has 11 heavy (non-hydrogen) atoms. The van der Waals surface area contributed by atoms with E-state index in [0.29, 0.717) is 11.1 Å². The third-order valence-electron chi connectivity index (χ3n) is 1.83. The number of hydrogen-bond donors (Lipinski definition) is 1. The van der Waals surface area contributed by atoms with Gasteiger partial charge in [0.2, 0.25) is 0 Å². The van der Waals surface area contributed by atoms with Crippen molar-refractivity contribution in [3.63, 3.8) is 0 Å². The van der Waals surface area contributed by atoms with E-state index in [0.717, 1.165) is 0 Å². The molecule has 0 fully saturated rings. The second-order valence-electron chi connectivity index (χ2n) is 2.52. The van der Waals surface area contributed by atoms with Crippen LogP contribution in [-0.2, 0) is 6.42 Å². The van der Waals surface area contributed by atoms with E-state index in [-0.39, 0.29) is 18.4 Å². The van der Waals surface area contributed by atoms with Crippen LogP contribution >= 0.6 is 0 Å². The summed E-state index contributed by atoms with van der Waals surface area (Å²) < 4.78 is 25.4. The van der Waals surface area contributed by atoms with E-state index in [9.17, 15) is 8.78 Å². The highest BCUT2D eigenvalue weighted by Gasteiger charge is 2.21. The van der Waals surface area contributed by atoms with Gasteiger partial charge < -0.3 is 6.15 Å². The zero-order valence-electron chi connectivity index (χ0n) is 5.98. The van der Waals surface area contributed by atoms with E-state index in [1.54, 1.807) is 6.07 Å². The number of halogens is 2. The van der Waals surface area contributed by atoms with Crippen LogP contribution in [0.25, 0.3) is 0 Å². The maximum absolute atomic E-state index is 12.7. The van der Waals surface area contributed by atoms with Gasteiger partial charge in [0.05, 0.1) is 0 Å². The van der Waals surface area contributed by atoms with Crippen LogP contribution in [0.4, 0.5) is 8.78 Å². The maximum Gasteiger partial charge on any atom is 0.129 e. The molecule has 60 valence electrons. The van der Waals surface area contributed by atoms with Crippen molar-refractivity contribution < 1.29 is 8.78 Å². The fourth-order valence-corrected chi connectivity index (χ4v) is 1.26. The maximum atomic E-state index is 12.7. The lowest BCUT2D eigenvalue weighted by molar-refractivity contribution is 0.352. The van der Waals surface area contributed by atoms with E-state index >= 15 is 0 Å². The predicted molar refractivity (Wildman–Crippen MR) is 39.0 cm³/mol. The third kappa shape index (κ3) is 1.12. The first-order chi connectivity index (χ1) is 4.77. The molecule has 0 heterocycles. The molecule has 1 aliphatic carbocycles. The second-order valence-corrected chi connectivity index (χ2v) is 2.52. The van der Waals surface area contributed by atoms with Crippen molar-refractivity contribution in [1.29, 1.82) is 0 Å². The molecule has 0 amide bonds. The minimum Gasteiger partial charge on any atom is -0.344 e. The Labute approximate surface area is 63.6 Å². The molecule has 2 bridgehead atoms. The molecule has 1 unspecified atom stereocenters. The SMILES string of the molecule is Fc1ccc2cc1CC2F.N. The van der Waals surface area contributed by atoms with Crippen LogP contribution in [0.1, 0.15) is 17.3 Å². The van der Waals surface area contributed by atoms with Crippen molar-refractivity contribution in [2.75, 3.05) is 0 Å². The first-order valence-corrected chi connectivity index (χ1v) is 3.20. The Morgan fingerprint density at radius 3 is 2.73 bits per heavy atom. The summed E-state index contributed by atoms with van der Waals surface area (Å²) in [6.07, 6.45) is -0.756. The number of rotatable bonds is 0. The number of fused-ring (bicyclic) bond motifs is 2. The Morgan fingerprint density at radius 1 is 1.36 bits per heavy atom. The molecular weight excluding hydrogens is 148 g/mol. The van der Waals surface area contributed by atoms with Crippen molar-refractivity contribution in [2.24, 2.45) is 0 Å². The van der Waals surface area contributed by atoms with Crippen LogP contribution in [0.15, 0.2) is 18.2 Å². The van der Waals surface area contributed by atoms with Gasteiger partial charge in [-0.3, -0.25) is 0 Å². The molecule has 0 aromatic heterocycles. The Balaban J connectivity index is 0.000000605. The molecule has 1 nitrogen and oxygen atoms in total. The molecule has 0 saturated carbocycles. The third-order valence-corrected chi connectivity index (χ3v) is 1.83. The average molecular weight is 157 g/mol. The van der Waals surface area contributed by atoms with Gasteiger partial charge in [0, 0.05) is 6.42 Å². The van der Waals surface area contributed by atoms with E-state index in [4.69, 9.17) is 0 Å². The second kappa shape index (κ2) is 2.58. The first-order valence-electron chi connectivity index (χ1n) is 3.20. The van der Waals surface area contributed by atoms with Crippen LogP contribution in [0.5, 0.6) is 0 Å². The summed E-state index contributed by atoms with van der Waals surface area (Å²) in [5.74, 6) is -0.288. The van der Waals surface area contributed by atoms with Crippen molar-refractivity contribution >= 4 is 0 Å². The first kappa shape index (κ1) is 8.14. The molecule has 1 aromatic rings. The van der Waals surface area contributed by atoms with E-state index < -0.39 is 6.17 Å². The van der Waals surface area contributed by atoms with Gasteiger partial charge in [-0.15, -0.1) is 0 Å². The molecule has 0 radical (unpaired) electrons. The molecule has 3 heteroatoms. The molecule has 0 spiro atoms. The Bertz CT molecular complexity index is 273. The molecule has 1 aromatic carbocycles. The standard InChI is InChI=1S/C8H6F2.H3N/c9-7-2-1-5-3-6(7)4-8(5)10;/h1-3,8H,4H2;1H3. The fourth-order valence-electron chi connectivity index (χ4n) is 1.26. The highest BCUT2D eigenvalue weighted by atomic mass is 19.1. The predicted octanol–water partition coefficient (Wildman–Crippen LogP) is 2.55. The summed E-state index contributed by atoms with van der Waals surface area (Å²) >= 11 is 0. The van der Waals surface area contributed by atoms with Gasteiger partial charge in [-0.05, 0) is 23.3 Å². The lowest BCUT2D eigenvalue weighted by Crippen LogP contribution is -1.84. The largest absolute Gasteiger partial charge is 0.344 e. The van der Waals surface area contributed by atoms with Crippen LogP contribution in [0.2, 0.25) is 0 Å². The molecule has 1 aliphatic rings. The zero-order chi connectivity index (χ0) is 7.14. The minimum atomic E-state index is -0.973. The highest BCUT2D eigenvalue weighted by Crippen LogP contribution is 2.31. The summed E-state index contributed by atoms with van der Waals surface area (Å²) in [4.78, 5) is 0. The molecule has 1 atom stereocenters. The lowest BCUT2D eigenvalue weighted by Gasteiger charge is -1.92. The van der Waals surface area contributed by atoms with Crippen molar-refractivity contribution in [3.8, 4) is 0 Å². The van der Waals surface area contributed by atoms with Crippen molar-refractivity contribution in [3.05, 3.63) is 35.1 Å². The quantitative estimate of drug-likeness (QED) is 0.617. The van der Waals surface area contributed by atoms with Gasteiger partial charge in [-0.2, -0.15) is 0 Å². The summed E-state index contributed by atoms with van der Waals surface area (Å²) in [5, 5.41) is 0. The van der Waals surface area contributed by atoms with E-state index in [1.165, 1.54) is 12.1 Å². The van der Waals surface area contributed by atoms with Crippen LogP contribution in [0, 0.1) is 5.82 Å². The Hall–Kier alpha value is -0.960. The van der Waals surface area contributed by atoms with E-state index in [1.807, 2.05) is 0 Å². The number of benzene rings is 1. The molecular formula is C8H9F2N. The van der Waals surface area contributed by atoms with Gasteiger partial charge in [0.15, 0.2) is 0 Å². The summed E-state index contributed by atoms with van der Waals surface area (Å²) in [6.45, 7) is 0.